The second kappa shape index (κ2) is 8.97. The number of hydrogen-bond acceptors (Lipinski definition) is 5. The van der Waals surface area contributed by atoms with Crippen LogP contribution in [0.5, 0.6) is 0 Å². The van der Waals surface area contributed by atoms with Gasteiger partial charge in [-0.15, -0.1) is 0 Å². The molecule has 3 rings (SSSR count). The second-order valence-electron chi connectivity index (χ2n) is 7.09. The molecule has 30 heavy (non-hydrogen) atoms. The topological polar surface area (TPSA) is 77.3 Å². The highest BCUT2D eigenvalue weighted by Gasteiger charge is 2.29. The Morgan fingerprint density at radius 1 is 1.20 bits per heavy atom. The van der Waals surface area contributed by atoms with Crippen molar-refractivity contribution >= 4 is 22.9 Å². The third kappa shape index (κ3) is 4.39. The molecule has 0 aliphatic carbocycles. The quantitative estimate of drug-likeness (QED) is 0.519. The number of aryl methyl sites for hydroxylation is 1. The molecule has 11 heteroatoms. The lowest BCUT2D eigenvalue weighted by atomic mass is 9.97. The van der Waals surface area contributed by atoms with Crippen molar-refractivity contribution in [1.29, 1.82) is 0 Å². The summed E-state index contributed by atoms with van der Waals surface area (Å²) in [5.74, 6) is -0.920. The first-order chi connectivity index (χ1) is 14.2. The summed E-state index contributed by atoms with van der Waals surface area (Å²) in [7, 11) is 0. The van der Waals surface area contributed by atoms with Crippen molar-refractivity contribution in [3.63, 3.8) is 0 Å². The lowest BCUT2D eigenvalue weighted by Crippen LogP contribution is -2.42. The number of amides is 1. The Bertz CT molecular complexity index is 939. The molecular formula is C19H22F4N4O3. The molecule has 0 radical (unpaired) electrons. The van der Waals surface area contributed by atoms with Gasteiger partial charge < -0.3 is 9.64 Å². The highest BCUT2D eigenvalue weighted by Crippen LogP contribution is 2.32. The van der Waals surface area contributed by atoms with Crippen LogP contribution in [0.4, 0.5) is 17.6 Å². The SMILES string of the molecule is CCOC(=O)C1CCN(C(=O)Cn2nc(C)c3c(C(F)F)cc(C(F)F)nc32)CC1. The minimum Gasteiger partial charge on any atom is -0.466 e. The average molecular weight is 430 g/mol. The highest BCUT2D eigenvalue weighted by molar-refractivity contribution is 5.85. The number of hydrogen-bond donors (Lipinski definition) is 0. The molecule has 0 N–H and O–H groups in total. The predicted molar refractivity (Wildman–Crippen MR) is 98.1 cm³/mol. The van der Waals surface area contributed by atoms with Crippen molar-refractivity contribution in [1.82, 2.24) is 19.7 Å². The van der Waals surface area contributed by atoms with Crippen LogP contribution in [0.25, 0.3) is 11.0 Å². The molecule has 1 aliphatic rings. The van der Waals surface area contributed by atoms with Crippen LogP contribution in [0, 0.1) is 12.8 Å². The molecule has 0 atom stereocenters. The second-order valence-corrected chi connectivity index (χ2v) is 7.09. The number of carbonyl (C=O) groups is 2. The number of aromatic nitrogens is 3. The smallest absolute Gasteiger partial charge is 0.309 e. The zero-order valence-electron chi connectivity index (χ0n) is 16.6. The number of pyridine rings is 1. The van der Waals surface area contributed by atoms with Crippen molar-refractivity contribution in [2.75, 3.05) is 19.7 Å². The van der Waals surface area contributed by atoms with E-state index in [4.69, 9.17) is 4.74 Å². The fraction of sp³-hybridized carbons (Fsp3) is 0.579. The third-order valence-corrected chi connectivity index (χ3v) is 5.14. The number of halogens is 4. The zero-order chi connectivity index (χ0) is 22.0. The number of likely N-dealkylation sites (tertiary alicyclic amines) is 1. The van der Waals surface area contributed by atoms with E-state index in [-0.39, 0.29) is 47.7 Å². The molecule has 2 aromatic heterocycles. The summed E-state index contributed by atoms with van der Waals surface area (Å²) in [4.78, 5) is 29.8. The van der Waals surface area contributed by atoms with Gasteiger partial charge in [0.15, 0.2) is 5.65 Å². The maximum Gasteiger partial charge on any atom is 0.309 e. The molecule has 1 saturated heterocycles. The van der Waals surface area contributed by atoms with E-state index < -0.39 is 24.1 Å². The fourth-order valence-corrected chi connectivity index (χ4v) is 3.65. The first-order valence-electron chi connectivity index (χ1n) is 9.61. The number of esters is 1. The summed E-state index contributed by atoms with van der Waals surface area (Å²) >= 11 is 0. The van der Waals surface area contributed by atoms with Crippen LogP contribution >= 0.6 is 0 Å². The Morgan fingerprint density at radius 2 is 1.87 bits per heavy atom. The third-order valence-electron chi connectivity index (χ3n) is 5.14. The van der Waals surface area contributed by atoms with Crippen molar-refractivity contribution in [2.24, 2.45) is 5.92 Å². The molecule has 0 aromatic carbocycles. The largest absolute Gasteiger partial charge is 0.466 e. The monoisotopic (exact) mass is 430 g/mol. The van der Waals surface area contributed by atoms with Crippen molar-refractivity contribution in [3.8, 4) is 0 Å². The van der Waals surface area contributed by atoms with Gasteiger partial charge in [0.1, 0.15) is 12.2 Å². The Kier molecular flexibility index (Phi) is 6.57. The van der Waals surface area contributed by atoms with Gasteiger partial charge in [-0.1, -0.05) is 0 Å². The molecule has 1 amide bonds. The molecule has 0 spiro atoms. The van der Waals surface area contributed by atoms with E-state index in [1.807, 2.05) is 0 Å². The molecule has 1 aliphatic heterocycles. The van der Waals surface area contributed by atoms with Gasteiger partial charge in [-0.3, -0.25) is 9.59 Å². The number of nitrogens with zero attached hydrogens (tertiary/aromatic N) is 4. The summed E-state index contributed by atoms with van der Waals surface area (Å²) in [5, 5.41) is 4.07. The number of alkyl halides is 4. The Balaban J connectivity index is 1.81. The van der Waals surface area contributed by atoms with Crippen LogP contribution in [-0.2, 0) is 20.9 Å². The number of fused-ring (bicyclic) bond motifs is 1. The number of rotatable bonds is 6. The Morgan fingerprint density at radius 3 is 2.43 bits per heavy atom. The van der Waals surface area contributed by atoms with Crippen LogP contribution < -0.4 is 0 Å². The van der Waals surface area contributed by atoms with Crippen LogP contribution in [0.15, 0.2) is 6.07 Å². The lowest BCUT2D eigenvalue weighted by molar-refractivity contribution is -0.151. The van der Waals surface area contributed by atoms with Crippen LogP contribution in [0.2, 0.25) is 0 Å². The first kappa shape index (κ1) is 22.0. The molecule has 1 fully saturated rings. The summed E-state index contributed by atoms with van der Waals surface area (Å²) in [5.41, 5.74) is -1.36. The molecule has 7 nitrogen and oxygen atoms in total. The maximum absolute atomic E-state index is 13.4. The van der Waals surface area contributed by atoms with Gasteiger partial charge >= 0.3 is 5.97 Å². The molecular weight excluding hydrogens is 408 g/mol. The minimum atomic E-state index is -3.03. The molecule has 3 heterocycles. The van der Waals surface area contributed by atoms with Crippen LogP contribution in [0.3, 0.4) is 0 Å². The summed E-state index contributed by atoms with van der Waals surface area (Å²) in [6, 6.07) is 0.679. The molecule has 0 bridgehead atoms. The molecule has 164 valence electrons. The molecule has 2 aromatic rings. The number of piperidine rings is 1. The van der Waals surface area contributed by atoms with Crippen LogP contribution in [0.1, 0.15) is 49.6 Å². The number of carbonyl (C=O) groups excluding carboxylic acids is 2. The average Bonchev–Trinajstić information content (AvgIpc) is 3.02. The summed E-state index contributed by atoms with van der Waals surface area (Å²) < 4.78 is 59.2. The van der Waals surface area contributed by atoms with Crippen LogP contribution in [-0.4, -0.2) is 51.2 Å². The normalized spacial score (nSPS) is 15.4. The Labute approximate surface area is 170 Å². The van der Waals surface area contributed by atoms with Gasteiger partial charge in [-0.25, -0.2) is 27.2 Å². The minimum absolute atomic E-state index is 0.0248. The van der Waals surface area contributed by atoms with E-state index in [9.17, 15) is 27.2 Å². The van der Waals surface area contributed by atoms with Crippen molar-refractivity contribution in [2.45, 2.75) is 46.1 Å². The van der Waals surface area contributed by atoms with Gasteiger partial charge in [-0.2, -0.15) is 5.10 Å². The van der Waals surface area contributed by atoms with Gasteiger partial charge in [-0.05, 0) is 32.8 Å². The first-order valence-corrected chi connectivity index (χ1v) is 9.61. The van der Waals surface area contributed by atoms with Gasteiger partial charge in [0.05, 0.1) is 23.6 Å². The van der Waals surface area contributed by atoms with E-state index >= 15 is 0 Å². The van der Waals surface area contributed by atoms with E-state index in [1.165, 1.54) is 11.8 Å². The van der Waals surface area contributed by atoms with Gasteiger partial charge in [0, 0.05) is 18.7 Å². The van der Waals surface area contributed by atoms with Gasteiger partial charge in [0.2, 0.25) is 5.91 Å². The van der Waals surface area contributed by atoms with Crippen molar-refractivity contribution in [3.05, 3.63) is 23.0 Å². The highest BCUT2D eigenvalue weighted by atomic mass is 19.3. The Hall–Kier alpha value is -2.72. The predicted octanol–water partition coefficient (Wildman–Crippen LogP) is 3.42. The van der Waals surface area contributed by atoms with E-state index in [0.717, 1.165) is 4.68 Å². The van der Waals surface area contributed by atoms with Crippen molar-refractivity contribution < 1.29 is 31.9 Å². The fourth-order valence-electron chi connectivity index (χ4n) is 3.65. The van der Waals surface area contributed by atoms with Gasteiger partial charge in [0.25, 0.3) is 12.9 Å². The van der Waals surface area contributed by atoms with E-state index in [2.05, 4.69) is 10.1 Å². The zero-order valence-corrected chi connectivity index (χ0v) is 16.6. The molecule has 0 unspecified atom stereocenters. The van der Waals surface area contributed by atoms with E-state index in [1.54, 1.807) is 6.92 Å². The summed E-state index contributed by atoms with van der Waals surface area (Å²) in [6.07, 6.45) is -5.12. The summed E-state index contributed by atoms with van der Waals surface area (Å²) in [6.45, 7) is 3.81. The standard InChI is InChI=1S/C19H22F4N4O3/c1-3-30-19(29)11-4-6-26(7-5-11)14(28)9-27-18-15(10(2)25-27)12(16(20)21)8-13(24-18)17(22)23/h8,11,16-17H,3-7,9H2,1-2H3. The number of ether oxygens (including phenoxy) is 1. The molecule has 0 saturated carbocycles. The maximum atomic E-state index is 13.4. The lowest BCUT2D eigenvalue weighted by Gasteiger charge is -2.30. The van der Waals surface area contributed by atoms with E-state index in [0.29, 0.717) is 32.0 Å².